The average molecular weight is 391 g/mol. The molecule has 0 spiro atoms. The highest BCUT2D eigenvalue weighted by atomic mass is 19.1. The summed E-state index contributed by atoms with van der Waals surface area (Å²) in [6, 6.07) is 22.0. The molecule has 0 aliphatic heterocycles. The van der Waals surface area contributed by atoms with Gasteiger partial charge in [0.1, 0.15) is 12.4 Å². The molecule has 0 saturated carbocycles. The van der Waals surface area contributed by atoms with E-state index in [-0.39, 0.29) is 17.6 Å². The summed E-state index contributed by atoms with van der Waals surface area (Å²) in [4.78, 5) is 12.2. The smallest absolute Gasteiger partial charge is 0.338 e. The van der Waals surface area contributed by atoms with Crippen LogP contribution < -0.4 is 5.32 Å². The van der Waals surface area contributed by atoms with Gasteiger partial charge in [0.25, 0.3) is 0 Å². The van der Waals surface area contributed by atoms with E-state index < -0.39 is 11.8 Å². The highest BCUT2D eigenvalue weighted by molar-refractivity contribution is 5.89. The third kappa shape index (κ3) is 5.67. The summed E-state index contributed by atoms with van der Waals surface area (Å²) in [7, 11) is 0. The van der Waals surface area contributed by atoms with Gasteiger partial charge in [-0.2, -0.15) is 0 Å². The number of esters is 1. The van der Waals surface area contributed by atoms with E-state index in [0.717, 1.165) is 11.1 Å². The van der Waals surface area contributed by atoms with Gasteiger partial charge in [-0.15, -0.1) is 0 Å². The van der Waals surface area contributed by atoms with Crippen molar-refractivity contribution < 1.29 is 13.9 Å². The fourth-order valence-corrected chi connectivity index (χ4v) is 2.91. The van der Waals surface area contributed by atoms with Gasteiger partial charge >= 0.3 is 5.97 Å². The highest BCUT2D eigenvalue weighted by Crippen LogP contribution is 2.23. The summed E-state index contributed by atoms with van der Waals surface area (Å²) >= 11 is 0. The van der Waals surface area contributed by atoms with E-state index >= 15 is 0 Å². The van der Waals surface area contributed by atoms with E-state index in [1.807, 2.05) is 42.5 Å². The van der Waals surface area contributed by atoms with E-state index in [0.29, 0.717) is 12.2 Å². The van der Waals surface area contributed by atoms with E-state index in [1.54, 1.807) is 12.1 Å². The summed E-state index contributed by atoms with van der Waals surface area (Å²) < 4.78 is 19.7. The van der Waals surface area contributed by atoms with Crippen LogP contribution in [0.1, 0.15) is 47.8 Å². The van der Waals surface area contributed by atoms with Crippen LogP contribution in [0, 0.1) is 5.82 Å². The van der Waals surface area contributed by atoms with E-state index in [1.165, 1.54) is 11.6 Å². The number of carbonyl (C=O) groups is 1. The molecule has 0 aliphatic rings. The predicted octanol–water partition coefficient (Wildman–Crippen LogP) is 6.09. The van der Waals surface area contributed by atoms with Crippen molar-refractivity contribution in [2.24, 2.45) is 0 Å². The number of benzene rings is 3. The number of carbonyl (C=O) groups excluding carboxylic acids is 1. The summed E-state index contributed by atoms with van der Waals surface area (Å²) in [5.41, 5.74) is 3.85. The van der Waals surface area contributed by atoms with Crippen molar-refractivity contribution in [3.05, 3.63) is 101 Å². The summed E-state index contributed by atoms with van der Waals surface area (Å²) in [6.45, 7) is 7.16. The number of hydrogen-bond donors (Lipinski definition) is 1. The SMILES string of the molecule is CC(C)(C)c1ccc(CNc2ccc(C(=O)OCc3ccccc3)cc2F)cc1. The van der Waals surface area contributed by atoms with Crippen LogP contribution in [0.4, 0.5) is 10.1 Å². The monoisotopic (exact) mass is 391 g/mol. The molecule has 3 aromatic carbocycles. The topological polar surface area (TPSA) is 38.3 Å². The number of nitrogens with one attached hydrogen (secondary N) is 1. The second-order valence-electron chi connectivity index (χ2n) is 8.06. The van der Waals surface area contributed by atoms with Crippen molar-refractivity contribution in [1.82, 2.24) is 0 Å². The quantitative estimate of drug-likeness (QED) is 0.517. The molecule has 0 unspecified atom stereocenters. The standard InChI is InChI=1S/C25H26FNO2/c1-25(2,3)21-12-9-18(10-13-21)16-27-23-14-11-20(15-22(23)26)24(28)29-17-19-7-5-4-6-8-19/h4-15,27H,16-17H2,1-3H3. The second kappa shape index (κ2) is 8.91. The predicted molar refractivity (Wildman–Crippen MR) is 114 cm³/mol. The zero-order chi connectivity index (χ0) is 20.9. The van der Waals surface area contributed by atoms with Crippen molar-refractivity contribution in [3.8, 4) is 0 Å². The molecule has 3 aromatic rings. The minimum Gasteiger partial charge on any atom is -0.457 e. The lowest BCUT2D eigenvalue weighted by molar-refractivity contribution is 0.0472. The molecule has 3 rings (SSSR count). The Balaban J connectivity index is 1.58. The lowest BCUT2D eigenvalue weighted by atomic mass is 9.87. The van der Waals surface area contributed by atoms with E-state index in [4.69, 9.17) is 4.74 Å². The van der Waals surface area contributed by atoms with Crippen LogP contribution in [0.5, 0.6) is 0 Å². The maximum Gasteiger partial charge on any atom is 0.338 e. The first kappa shape index (κ1) is 20.6. The summed E-state index contributed by atoms with van der Waals surface area (Å²) in [6.07, 6.45) is 0. The van der Waals surface area contributed by atoms with Gasteiger partial charge in [0.15, 0.2) is 0 Å². The molecule has 3 nitrogen and oxygen atoms in total. The van der Waals surface area contributed by atoms with Crippen LogP contribution in [0.3, 0.4) is 0 Å². The van der Waals surface area contributed by atoms with Crippen LogP contribution in [-0.4, -0.2) is 5.97 Å². The number of anilines is 1. The molecule has 1 N–H and O–H groups in total. The first-order chi connectivity index (χ1) is 13.8. The van der Waals surface area contributed by atoms with Crippen LogP contribution in [-0.2, 0) is 23.3 Å². The van der Waals surface area contributed by atoms with Gasteiger partial charge in [-0.05, 0) is 40.3 Å². The number of halogens is 1. The van der Waals surface area contributed by atoms with Gasteiger partial charge in [0.05, 0.1) is 11.3 Å². The number of ether oxygens (including phenoxy) is 1. The van der Waals surface area contributed by atoms with Gasteiger partial charge in [-0.3, -0.25) is 0 Å². The molecule has 0 atom stereocenters. The van der Waals surface area contributed by atoms with E-state index in [9.17, 15) is 9.18 Å². The molecule has 150 valence electrons. The summed E-state index contributed by atoms with van der Waals surface area (Å²) in [5, 5.41) is 3.08. The molecule has 0 amide bonds. The van der Waals surface area contributed by atoms with Crippen LogP contribution in [0.25, 0.3) is 0 Å². The third-order valence-corrected chi connectivity index (χ3v) is 4.72. The summed E-state index contributed by atoms with van der Waals surface area (Å²) in [5.74, 6) is -1.03. The molecule has 0 bridgehead atoms. The molecular formula is C25H26FNO2. The molecule has 29 heavy (non-hydrogen) atoms. The van der Waals surface area contributed by atoms with Crippen molar-refractivity contribution >= 4 is 11.7 Å². The molecule has 0 aliphatic carbocycles. The zero-order valence-corrected chi connectivity index (χ0v) is 17.0. The molecule has 0 heterocycles. The lowest BCUT2D eigenvalue weighted by Crippen LogP contribution is -2.11. The number of rotatable bonds is 6. The third-order valence-electron chi connectivity index (χ3n) is 4.72. The minimum atomic E-state index is -0.544. The maximum absolute atomic E-state index is 14.4. The fraction of sp³-hybridized carbons (Fsp3) is 0.240. The Labute approximate surface area is 171 Å². The molecule has 0 radical (unpaired) electrons. The van der Waals surface area contributed by atoms with Crippen LogP contribution in [0.15, 0.2) is 72.8 Å². The molecule has 0 aromatic heterocycles. The van der Waals surface area contributed by atoms with Crippen LogP contribution in [0.2, 0.25) is 0 Å². The average Bonchev–Trinajstić information content (AvgIpc) is 2.71. The zero-order valence-electron chi connectivity index (χ0n) is 17.0. The van der Waals surface area contributed by atoms with Gasteiger partial charge in [0.2, 0.25) is 0 Å². The normalized spacial score (nSPS) is 11.2. The Morgan fingerprint density at radius 1 is 0.931 bits per heavy atom. The maximum atomic E-state index is 14.4. The van der Waals surface area contributed by atoms with Gasteiger partial charge in [-0.1, -0.05) is 75.4 Å². The largest absolute Gasteiger partial charge is 0.457 e. The molecule has 4 heteroatoms. The number of hydrogen-bond acceptors (Lipinski definition) is 3. The van der Waals surface area contributed by atoms with Crippen molar-refractivity contribution in [2.45, 2.75) is 39.3 Å². The van der Waals surface area contributed by atoms with Crippen molar-refractivity contribution in [3.63, 3.8) is 0 Å². The first-order valence-corrected chi connectivity index (χ1v) is 9.67. The second-order valence-corrected chi connectivity index (χ2v) is 8.06. The Morgan fingerprint density at radius 2 is 1.62 bits per heavy atom. The molecule has 0 fully saturated rings. The van der Waals surface area contributed by atoms with E-state index in [2.05, 4.69) is 38.2 Å². The Morgan fingerprint density at radius 3 is 2.24 bits per heavy atom. The lowest BCUT2D eigenvalue weighted by Gasteiger charge is -2.19. The van der Waals surface area contributed by atoms with Crippen molar-refractivity contribution in [2.75, 3.05) is 5.32 Å². The van der Waals surface area contributed by atoms with Crippen molar-refractivity contribution in [1.29, 1.82) is 0 Å². The Bertz CT molecular complexity index is 960. The Kier molecular flexibility index (Phi) is 6.32. The first-order valence-electron chi connectivity index (χ1n) is 9.67. The molecule has 0 saturated heterocycles. The van der Waals surface area contributed by atoms with Crippen LogP contribution >= 0.6 is 0 Å². The van der Waals surface area contributed by atoms with Gasteiger partial charge < -0.3 is 10.1 Å². The molecular weight excluding hydrogens is 365 g/mol. The minimum absolute atomic E-state index is 0.100. The van der Waals surface area contributed by atoms with Gasteiger partial charge in [-0.25, -0.2) is 9.18 Å². The van der Waals surface area contributed by atoms with Gasteiger partial charge in [0, 0.05) is 6.54 Å². The highest BCUT2D eigenvalue weighted by Gasteiger charge is 2.13. The fourth-order valence-electron chi connectivity index (χ4n) is 2.91. The Hall–Kier alpha value is -3.14.